The normalized spacial score (nSPS) is 14.1. The summed E-state index contributed by atoms with van der Waals surface area (Å²) in [6.07, 6.45) is -12.8. The van der Waals surface area contributed by atoms with Gasteiger partial charge in [0.25, 0.3) is 0 Å². The van der Waals surface area contributed by atoms with E-state index in [4.69, 9.17) is 0 Å². The van der Waals surface area contributed by atoms with Gasteiger partial charge in [0, 0.05) is 0 Å². The van der Waals surface area contributed by atoms with Gasteiger partial charge in [0.2, 0.25) is 0 Å². The van der Waals surface area contributed by atoms with E-state index < -0.39 is 39.3 Å². The fourth-order valence-corrected chi connectivity index (χ4v) is 1.24. The molecule has 0 amide bonds. The summed E-state index contributed by atoms with van der Waals surface area (Å²) >= 11 is 0. The molecule has 0 heterocycles. The average molecular weight is 226 g/mol. The van der Waals surface area contributed by atoms with Gasteiger partial charge in [-0.25, -0.2) is 0 Å². The fraction of sp³-hybridized carbons (Fsp3) is 1.00. The minimum Gasteiger partial charge on any atom is -0.275 e. The molecule has 0 aromatic carbocycles. The first-order valence-corrected chi connectivity index (χ1v) is 3.98. The Bertz CT molecular complexity index is 157. The van der Waals surface area contributed by atoms with Crippen molar-refractivity contribution in [2.24, 2.45) is 0 Å². The van der Waals surface area contributed by atoms with Gasteiger partial charge in [0.1, 0.15) is 0 Å². The number of halogens is 6. The van der Waals surface area contributed by atoms with Crippen LogP contribution in [0.2, 0.25) is 0 Å². The van der Waals surface area contributed by atoms with E-state index in [-0.39, 0.29) is 0 Å². The van der Waals surface area contributed by atoms with Crippen LogP contribution in [-0.4, -0.2) is 18.0 Å². The maximum absolute atomic E-state index is 11.6. The second-order valence-corrected chi connectivity index (χ2v) is 3.34. The Morgan fingerprint density at radius 3 is 1.38 bits per heavy atom. The van der Waals surface area contributed by atoms with Crippen molar-refractivity contribution >= 4 is 8.46 Å². The second kappa shape index (κ2) is 4.26. The van der Waals surface area contributed by atoms with Crippen LogP contribution in [0.25, 0.3) is 0 Å². The summed E-state index contributed by atoms with van der Waals surface area (Å²) in [4.78, 5) is 0. The van der Waals surface area contributed by atoms with E-state index in [1.807, 2.05) is 0 Å². The Hall–Kier alpha value is -0.320. The third kappa shape index (κ3) is 8.02. The molecule has 78 valence electrons. The Kier molecular flexibility index (Phi) is 4.16. The summed E-state index contributed by atoms with van der Waals surface area (Å²) in [7, 11) is -1.13. The van der Waals surface area contributed by atoms with Crippen molar-refractivity contribution < 1.29 is 30.9 Å². The van der Waals surface area contributed by atoms with Crippen molar-refractivity contribution in [1.29, 1.82) is 0 Å². The first kappa shape index (κ1) is 12.7. The van der Waals surface area contributed by atoms with Gasteiger partial charge >= 0.3 is 12.4 Å². The molecule has 0 atom stereocenters. The Morgan fingerprint density at radius 2 is 1.23 bits per heavy atom. The van der Waals surface area contributed by atoms with Crippen molar-refractivity contribution in [2.75, 3.05) is 0 Å². The van der Waals surface area contributed by atoms with Gasteiger partial charge < -0.3 is 0 Å². The molecule has 0 rings (SSSR count). The molecule has 0 aliphatic heterocycles. The first-order chi connectivity index (χ1) is 5.64. The van der Waals surface area contributed by atoms with Crippen LogP contribution in [-0.2, 0) is 4.57 Å². The lowest BCUT2D eigenvalue weighted by atomic mass is 10.2. The average Bonchev–Trinajstić information content (AvgIpc) is 1.79. The molecule has 0 saturated heterocycles. The van der Waals surface area contributed by atoms with Crippen LogP contribution in [0.5, 0.6) is 0 Å². The molecule has 1 nitrogen and oxygen atoms in total. The minimum absolute atomic E-state index is 1.13. The Balaban J connectivity index is 4.13. The summed E-state index contributed by atoms with van der Waals surface area (Å²) in [6, 6.07) is 0. The summed E-state index contributed by atoms with van der Waals surface area (Å²) < 4.78 is 79.3. The Labute approximate surface area is 71.3 Å². The minimum atomic E-state index is -4.71. The zero-order chi connectivity index (χ0) is 10.7. The molecule has 0 aliphatic carbocycles. The number of hydrogen-bond donors (Lipinski definition) is 0. The first-order valence-electron chi connectivity index (χ1n) is 3.10. The van der Waals surface area contributed by atoms with Crippen LogP contribution in [0.3, 0.4) is 0 Å². The molecule has 0 aromatic heterocycles. The van der Waals surface area contributed by atoms with Crippen LogP contribution in [0.15, 0.2) is 0 Å². The van der Waals surface area contributed by atoms with Crippen molar-refractivity contribution in [3.05, 3.63) is 0 Å². The van der Waals surface area contributed by atoms with Crippen LogP contribution in [0.4, 0.5) is 26.3 Å². The van der Waals surface area contributed by atoms with Gasteiger partial charge in [-0.3, -0.25) is 4.57 Å². The largest absolute Gasteiger partial charge is 0.390 e. The molecular weight excluding hydrogens is 221 g/mol. The lowest BCUT2D eigenvalue weighted by Gasteiger charge is -2.13. The van der Waals surface area contributed by atoms with Gasteiger partial charge in [-0.05, 0) is 0 Å². The van der Waals surface area contributed by atoms with E-state index in [1.165, 1.54) is 0 Å². The van der Waals surface area contributed by atoms with Gasteiger partial charge in [0.05, 0.1) is 18.5 Å². The highest BCUT2D eigenvalue weighted by atomic mass is 31.1. The van der Waals surface area contributed by atoms with Crippen molar-refractivity contribution in [1.82, 2.24) is 0 Å². The van der Waals surface area contributed by atoms with Crippen LogP contribution < -0.4 is 0 Å². The summed E-state index contributed by atoms with van der Waals surface area (Å²) in [5, 5.41) is 0. The van der Waals surface area contributed by atoms with E-state index in [1.54, 1.807) is 0 Å². The van der Waals surface area contributed by atoms with Gasteiger partial charge in [-0.2, -0.15) is 26.3 Å². The zero-order valence-corrected chi connectivity index (χ0v) is 7.01. The highest BCUT2D eigenvalue weighted by molar-refractivity contribution is 7.24. The maximum Gasteiger partial charge on any atom is 0.390 e. The van der Waals surface area contributed by atoms with E-state index in [9.17, 15) is 30.9 Å². The molecule has 13 heavy (non-hydrogen) atoms. The molecule has 8 heteroatoms. The molecule has 0 aliphatic rings. The zero-order valence-electron chi connectivity index (χ0n) is 6.11. The monoisotopic (exact) mass is 226 g/mol. The van der Waals surface area contributed by atoms with E-state index >= 15 is 0 Å². The Morgan fingerprint density at radius 1 is 0.923 bits per heavy atom. The van der Waals surface area contributed by atoms with E-state index in [0.717, 1.165) is 0 Å². The molecule has 0 saturated carbocycles. The fourth-order valence-electron chi connectivity index (χ4n) is 0.681. The number of alkyl halides is 6. The lowest BCUT2D eigenvalue weighted by molar-refractivity contribution is -0.155. The van der Waals surface area contributed by atoms with Gasteiger partial charge in [-0.15, -0.1) is 0 Å². The van der Waals surface area contributed by atoms with Crippen molar-refractivity contribution in [2.45, 2.75) is 30.9 Å². The van der Waals surface area contributed by atoms with Gasteiger partial charge in [-0.1, -0.05) is 0 Å². The molecule has 0 radical (unpaired) electrons. The highest BCUT2D eigenvalue weighted by Crippen LogP contribution is 2.34. The smallest absolute Gasteiger partial charge is 0.275 e. The summed E-state index contributed by atoms with van der Waals surface area (Å²) in [5.41, 5.74) is -1.93. The van der Waals surface area contributed by atoms with Crippen molar-refractivity contribution in [3.8, 4) is 0 Å². The predicted octanol–water partition coefficient (Wildman–Crippen LogP) is 3.55. The summed E-state index contributed by atoms with van der Waals surface area (Å²) in [5.74, 6) is 0. The topological polar surface area (TPSA) is 17.1 Å². The highest BCUT2D eigenvalue weighted by Gasteiger charge is 2.39. The number of hydrogen-bond acceptors (Lipinski definition) is 1. The second-order valence-electron chi connectivity index (χ2n) is 2.40. The van der Waals surface area contributed by atoms with E-state index in [2.05, 4.69) is 0 Å². The molecule has 0 bridgehead atoms. The van der Waals surface area contributed by atoms with Crippen LogP contribution in [0, 0.1) is 0 Å². The SMILES string of the molecule is O=PC(CC(F)(F)F)CC(F)(F)F. The molecular formula is C5H5F6OP. The molecule has 0 fully saturated rings. The number of rotatable bonds is 3. The van der Waals surface area contributed by atoms with E-state index in [0.29, 0.717) is 0 Å². The van der Waals surface area contributed by atoms with Crippen LogP contribution >= 0.6 is 8.46 Å². The standard InChI is InChI=1S/C5H5F6OP/c6-4(7,8)1-3(13-12)2-5(9,10)11/h3H,1-2H2. The molecule has 0 spiro atoms. The lowest BCUT2D eigenvalue weighted by Crippen LogP contribution is -2.21. The molecule has 0 N–H and O–H groups in total. The summed E-state index contributed by atoms with van der Waals surface area (Å²) in [6.45, 7) is 0. The third-order valence-corrected chi connectivity index (χ3v) is 1.75. The predicted molar refractivity (Wildman–Crippen MR) is 32.7 cm³/mol. The molecule has 0 aromatic rings. The van der Waals surface area contributed by atoms with Gasteiger partial charge in [0.15, 0.2) is 8.46 Å². The quantitative estimate of drug-likeness (QED) is 0.531. The van der Waals surface area contributed by atoms with Crippen molar-refractivity contribution in [3.63, 3.8) is 0 Å². The molecule has 0 unspecified atom stereocenters. The maximum atomic E-state index is 11.6. The third-order valence-electron chi connectivity index (χ3n) is 1.08. The van der Waals surface area contributed by atoms with Crippen LogP contribution in [0.1, 0.15) is 12.8 Å².